The molecule has 6 heteroatoms. The molecule has 1 N–H and O–H groups in total. The Labute approximate surface area is 146 Å². The summed E-state index contributed by atoms with van der Waals surface area (Å²) in [4.78, 5) is 23.2. The van der Waals surface area contributed by atoms with Gasteiger partial charge in [-0.2, -0.15) is 0 Å². The maximum atomic E-state index is 11.8. The predicted molar refractivity (Wildman–Crippen MR) is 92.7 cm³/mol. The first-order valence-electron chi connectivity index (χ1n) is 7.92. The second-order valence-electron chi connectivity index (χ2n) is 5.16. The van der Waals surface area contributed by atoms with E-state index in [1.54, 1.807) is 48.5 Å². The van der Waals surface area contributed by atoms with Crippen LogP contribution in [0.1, 0.15) is 22.8 Å². The minimum atomic E-state index is -0.389. The molecule has 0 bridgehead atoms. The molecule has 2 rings (SSSR count). The van der Waals surface area contributed by atoms with Crippen LogP contribution in [0.15, 0.2) is 48.5 Å². The molecule has 132 valence electrons. The van der Waals surface area contributed by atoms with E-state index in [-0.39, 0.29) is 18.5 Å². The minimum Gasteiger partial charge on any atom is -0.494 e. The largest absolute Gasteiger partial charge is 0.494 e. The number of carbonyl (C=O) groups is 2. The van der Waals surface area contributed by atoms with Gasteiger partial charge < -0.3 is 19.5 Å². The van der Waals surface area contributed by atoms with Gasteiger partial charge in [-0.05, 0) is 48.9 Å². The zero-order valence-electron chi connectivity index (χ0n) is 14.3. The van der Waals surface area contributed by atoms with E-state index in [1.807, 2.05) is 6.92 Å². The van der Waals surface area contributed by atoms with E-state index in [9.17, 15) is 9.59 Å². The van der Waals surface area contributed by atoms with Gasteiger partial charge in [-0.25, -0.2) is 4.79 Å². The first-order chi connectivity index (χ1) is 12.1. The Bertz CT molecular complexity index is 695. The summed E-state index contributed by atoms with van der Waals surface area (Å²) in [5, 5.41) is 2.76. The highest BCUT2D eigenvalue weighted by molar-refractivity contribution is 5.89. The second-order valence-corrected chi connectivity index (χ2v) is 5.16. The Balaban J connectivity index is 1.75. The fourth-order valence-corrected chi connectivity index (χ4v) is 2.08. The highest BCUT2D eigenvalue weighted by Gasteiger charge is 2.06. The van der Waals surface area contributed by atoms with Gasteiger partial charge in [0.1, 0.15) is 11.5 Å². The van der Waals surface area contributed by atoms with Gasteiger partial charge in [0.2, 0.25) is 0 Å². The van der Waals surface area contributed by atoms with Crippen molar-refractivity contribution in [2.75, 3.05) is 20.3 Å². The number of hydrogen-bond donors (Lipinski definition) is 1. The molecule has 0 saturated heterocycles. The number of rotatable bonds is 8. The summed E-state index contributed by atoms with van der Waals surface area (Å²) in [7, 11) is 1.33. The third-order valence-electron chi connectivity index (χ3n) is 3.37. The molecule has 0 radical (unpaired) electrons. The highest BCUT2D eigenvalue weighted by atomic mass is 16.5. The molecule has 2 aromatic carbocycles. The number of carbonyl (C=O) groups excluding carboxylic acids is 2. The molecule has 0 fully saturated rings. The zero-order chi connectivity index (χ0) is 18.1. The molecule has 25 heavy (non-hydrogen) atoms. The lowest BCUT2D eigenvalue weighted by molar-refractivity contribution is -0.123. The molecule has 0 heterocycles. The van der Waals surface area contributed by atoms with Crippen molar-refractivity contribution in [3.8, 4) is 11.5 Å². The summed E-state index contributed by atoms with van der Waals surface area (Å²) in [5.41, 5.74) is 1.35. The van der Waals surface area contributed by atoms with Gasteiger partial charge in [0, 0.05) is 6.54 Å². The van der Waals surface area contributed by atoms with Crippen molar-refractivity contribution in [3.63, 3.8) is 0 Å². The van der Waals surface area contributed by atoms with E-state index in [0.717, 1.165) is 11.3 Å². The zero-order valence-corrected chi connectivity index (χ0v) is 14.3. The maximum Gasteiger partial charge on any atom is 0.337 e. The summed E-state index contributed by atoms with van der Waals surface area (Å²) < 4.78 is 15.4. The average Bonchev–Trinajstić information content (AvgIpc) is 2.66. The van der Waals surface area contributed by atoms with Gasteiger partial charge in [0.15, 0.2) is 6.61 Å². The summed E-state index contributed by atoms with van der Waals surface area (Å²) >= 11 is 0. The van der Waals surface area contributed by atoms with Gasteiger partial charge in [0.25, 0.3) is 5.91 Å². The summed E-state index contributed by atoms with van der Waals surface area (Å²) in [6.07, 6.45) is 0. The van der Waals surface area contributed by atoms with Crippen molar-refractivity contribution in [2.24, 2.45) is 0 Å². The standard InChI is InChI=1S/C19H21NO5/c1-3-24-16-8-10-17(11-9-16)25-13-18(21)20-12-14-4-6-15(7-5-14)19(22)23-2/h4-11H,3,12-13H2,1-2H3,(H,20,21). The summed E-state index contributed by atoms with van der Waals surface area (Å²) in [6, 6.07) is 13.9. The summed E-state index contributed by atoms with van der Waals surface area (Å²) in [5.74, 6) is 0.737. The van der Waals surface area contributed by atoms with Gasteiger partial charge in [0.05, 0.1) is 19.3 Å². The lowest BCUT2D eigenvalue weighted by Crippen LogP contribution is -2.28. The van der Waals surface area contributed by atoms with E-state index < -0.39 is 0 Å². The lowest BCUT2D eigenvalue weighted by Gasteiger charge is -2.09. The van der Waals surface area contributed by atoms with Crippen molar-refractivity contribution in [2.45, 2.75) is 13.5 Å². The van der Waals surface area contributed by atoms with Crippen molar-refractivity contribution in [3.05, 3.63) is 59.7 Å². The monoisotopic (exact) mass is 343 g/mol. The van der Waals surface area contributed by atoms with Crippen molar-refractivity contribution < 1.29 is 23.8 Å². The van der Waals surface area contributed by atoms with Crippen LogP contribution in [0.25, 0.3) is 0 Å². The molecule has 0 unspecified atom stereocenters. The van der Waals surface area contributed by atoms with E-state index in [2.05, 4.69) is 10.1 Å². The Morgan fingerprint density at radius 3 is 2.08 bits per heavy atom. The first-order valence-corrected chi connectivity index (χ1v) is 7.92. The van der Waals surface area contributed by atoms with Crippen molar-refractivity contribution >= 4 is 11.9 Å². The molecule has 0 aromatic heterocycles. The SMILES string of the molecule is CCOc1ccc(OCC(=O)NCc2ccc(C(=O)OC)cc2)cc1. The third kappa shape index (κ3) is 5.84. The van der Waals surface area contributed by atoms with Crippen molar-refractivity contribution in [1.29, 1.82) is 0 Å². The Morgan fingerprint density at radius 1 is 0.920 bits per heavy atom. The topological polar surface area (TPSA) is 73.9 Å². The molecular formula is C19H21NO5. The highest BCUT2D eigenvalue weighted by Crippen LogP contribution is 2.17. The molecule has 0 atom stereocenters. The van der Waals surface area contributed by atoms with Crippen LogP contribution in [-0.2, 0) is 16.1 Å². The van der Waals surface area contributed by atoms with Crippen LogP contribution >= 0.6 is 0 Å². The number of ether oxygens (including phenoxy) is 3. The molecule has 1 amide bonds. The first kappa shape index (κ1) is 18.3. The normalized spacial score (nSPS) is 10.0. The van der Waals surface area contributed by atoms with E-state index in [4.69, 9.17) is 9.47 Å². The van der Waals surface area contributed by atoms with Crippen LogP contribution in [0.4, 0.5) is 0 Å². The molecule has 2 aromatic rings. The Hall–Kier alpha value is -3.02. The third-order valence-corrected chi connectivity index (χ3v) is 3.37. The number of benzene rings is 2. The van der Waals surface area contributed by atoms with Gasteiger partial charge in [-0.15, -0.1) is 0 Å². The number of amides is 1. The Kier molecular flexibility index (Phi) is 6.83. The minimum absolute atomic E-state index is 0.0752. The molecule has 0 saturated carbocycles. The van der Waals surface area contributed by atoms with Crippen LogP contribution in [0.2, 0.25) is 0 Å². The van der Waals surface area contributed by atoms with Gasteiger partial charge >= 0.3 is 5.97 Å². The number of nitrogens with one attached hydrogen (secondary N) is 1. The molecular weight excluding hydrogens is 322 g/mol. The van der Waals surface area contributed by atoms with Gasteiger partial charge in [-0.3, -0.25) is 4.79 Å². The van der Waals surface area contributed by atoms with E-state index in [0.29, 0.717) is 24.5 Å². The van der Waals surface area contributed by atoms with E-state index in [1.165, 1.54) is 7.11 Å². The van der Waals surface area contributed by atoms with Crippen LogP contribution in [-0.4, -0.2) is 32.2 Å². The van der Waals surface area contributed by atoms with Crippen molar-refractivity contribution in [1.82, 2.24) is 5.32 Å². The number of esters is 1. The molecule has 0 aliphatic rings. The molecule has 0 aliphatic heterocycles. The molecule has 6 nitrogen and oxygen atoms in total. The van der Waals surface area contributed by atoms with E-state index >= 15 is 0 Å². The molecule has 0 aliphatic carbocycles. The maximum absolute atomic E-state index is 11.8. The predicted octanol–water partition coefficient (Wildman–Crippen LogP) is 2.57. The van der Waals surface area contributed by atoms with Crippen LogP contribution < -0.4 is 14.8 Å². The fraction of sp³-hybridized carbons (Fsp3) is 0.263. The van der Waals surface area contributed by atoms with Gasteiger partial charge in [-0.1, -0.05) is 12.1 Å². The number of methoxy groups -OCH3 is 1. The quantitative estimate of drug-likeness (QED) is 0.746. The molecule has 0 spiro atoms. The lowest BCUT2D eigenvalue weighted by atomic mass is 10.1. The van der Waals surface area contributed by atoms with Crippen LogP contribution in [0, 0.1) is 0 Å². The van der Waals surface area contributed by atoms with Crippen LogP contribution in [0.3, 0.4) is 0 Å². The summed E-state index contributed by atoms with van der Waals surface area (Å²) in [6.45, 7) is 2.79. The fourth-order valence-electron chi connectivity index (χ4n) is 2.08. The Morgan fingerprint density at radius 2 is 1.52 bits per heavy atom. The average molecular weight is 343 g/mol. The smallest absolute Gasteiger partial charge is 0.337 e. The number of hydrogen-bond acceptors (Lipinski definition) is 5. The van der Waals surface area contributed by atoms with Crippen LogP contribution in [0.5, 0.6) is 11.5 Å². The second kappa shape index (κ2) is 9.32.